The number of tetrazole rings is 1. The van der Waals surface area contributed by atoms with Crippen molar-refractivity contribution in [3.8, 4) is 5.69 Å². The number of hydroxylamine groups is 1. The zero-order chi connectivity index (χ0) is 31.4. The summed E-state index contributed by atoms with van der Waals surface area (Å²) in [6, 6.07) is 25.2. The van der Waals surface area contributed by atoms with Crippen LogP contribution in [0.3, 0.4) is 0 Å². The number of para-hydroxylation sites is 1. The first kappa shape index (κ1) is 32.3. The van der Waals surface area contributed by atoms with Crippen molar-refractivity contribution in [3.63, 3.8) is 0 Å². The molecule has 13 heteroatoms. The number of benzene rings is 3. The van der Waals surface area contributed by atoms with Gasteiger partial charge in [-0.2, -0.15) is 4.68 Å². The fraction of sp³-hybridized carbons (Fsp3) is 0.344. The number of amides is 2. The van der Waals surface area contributed by atoms with Gasteiger partial charge in [0.05, 0.1) is 24.5 Å². The van der Waals surface area contributed by atoms with Gasteiger partial charge in [-0.25, -0.2) is 5.48 Å². The monoisotopic (exact) mass is 632 g/mol. The third-order valence-electron chi connectivity index (χ3n) is 7.38. The SMILES string of the molecule is O=C(CCCCC(=O)NCc1ccc([C@H]2O[C@@H](CSc3nnnn3-c3ccccc3)C[C@@H](c3ccc(CO)cc3)O2)cc1)NO. The van der Waals surface area contributed by atoms with E-state index < -0.39 is 12.2 Å². The number of carbonyl (C=O) groups is 2. The molecule has 3 aromatic carbocycles. The van der Waals surface area contributed by atoms with Gasteiger partial charge in [0.2, 0.25) is 17.0 Å². The van der Waals surface area contributed by atoms with Crippen molar-refractivity contribution in [1.82, 2.24) is 31.0 Å². The summed E-state index contributed by atoms with van der Waals surface area (Å²) >= 11 is 1.52. The van der Waals surface area contributed by atoms with E-state index in [4.69, 9.17) is 14.7 Å². The molecule has 1 saturated heterocycles. The summed E-state index contributed by atoms with van der Waals surface area (Å²) in [4.78, 5) is 23.3. The molecule has 45 heavy (non-hydrogen) atoms. The lowest BCUT2D eigenvalue weighted by Crippen LogP contribution is -2.31. The molecular weight excluding hydrogens is 596 g/mol. The summed E-state index contributed by atoms with van der Waals surface area (Å²) in [6.45, 7) is 0.348. The van der Waals surface area contributed by atoms with E-state index in [-0.39, 0.29) is 31.1 Å². The number of hydrogen-bond donors (Lipinski definition) is 4. The topological polar surface area (TPSA) is 161 Å². The number of unbranched alkanes of at least 4 members (excludes halogenated alkanes) is 1. The molecule has 0 spiro atoms. The van der Waals surface area contributed by atoms with Crippen LogP contribution >= 0.6 is 11.8 Å². The quantitative estimate of drug-likeness (QED) is 0.0687. The number of thioether (sulfide) groups is 1. The van der Waals surface area contributed by atoms with Gasteiger partial charge in [-0.05, 0) is 52.1 Å². The van der Waals surface area contributed by atoms with Crippen LogP contribution in [0.4, 0.5) is 0 Å². The lowest BCUT2D eigenvalue weighted by Gasteiger charge is -2.36. The van der Waals surface area contributed by atoms with Gasteiger partial charge in [-0.15, -0.1) is 5.10 Å². The van der Waals surface area contributed by atoms with E-state index in [0.29, 0.717) is 43.1 Å². The molecule has 4 N–H and O–H groups in total. The van der Waals surface area contributed by atoms with Crippen LogP contribution in [0, 0.1) is 0 Å². The Kier molecular flexibility index (Phi) is 11.6. The van der Waals surface area contributed by atoms with E-state index in [1.807, 2.05) is 78.9 Å². The molecule has 3 atom stereocenters. The maximum atomic E-state index is 12.2. The number of carbonyl (C=O) groups excluding carboxylic acids is 2. The Morgan fingerprint density at radius 2 is 1.58 bits per heavy atom. The van der Waals surface area contributed by atoms with Gasteiger partial charge < -0.3 is 19.9 Å². The highest BCUT2D eigenvalue weighted by atomic mass is 32.2. The number of aliphatic hydroxyl groups is 1. The van der Waals surface area contributed by atoms with Gasteiger partial charge >= 0.3 is 0 Å². The number of aliphatic hydroxyl groups excluding tert-OH is 1. The number of nitrogens with one attached hydrogen (secondary N) is 2. The molecule has 12 nitrogen and oxygen atoms in total. The lowest BCUT2D eigenvalue weighted by molar-refractivity contribution is -0.245. The summed E-state index contributed by atoms with van der Waals surface area (Å²) in [5.41, 5.74) is 6.08. The molecule has 0 bridgehead atoms. The molecule has 1 aromatic heterocycles. The first-order valence-corrected chi connectivity index (χ1v) is 15.8. The Balaban J connectivity index is 1.22. The minimum absolute atomic E-state index is 0.0247. The van der Waals surface area contributed by atoms with Crippen LogP contribution in [0.2, 0.25) is 0 Å². The van der Waals surface area contributed by atoms with E-state index in [0.717, 1.165) is 27.9 Å². The van der Waals surface area contributed by atoms with Crippen LogP contribution in [0.25, 0.3) is 5.69 Å². The van der Waals surface area contributed by atoms with E-state index >= 15 is 0 Å². The number of aromatic nitrogens is 4. The van der Waals surface area contributed by atoms with Gasteiger partial charge in [0.1, 0.15) is 0 Å². The maximum absolute atomic E-state index is 12.2. The average Bonchev–Trinajstić information content (AvgIpc) is 3.57. The molecule has 0 aliphatic carbocycles. The first-order valence-electron chi connectivity index (χ1n) is 14.8. The fourth-order valence-corrected chi connectivity index (χ4v) is 5.81. The Labute approximate surface area is 265 Å². The van der Waals surface area contributed by atoms with Gasteiger partial charge in [-0.3, -0.25) is 14.8 Å². The summed E-state index contributed by atoms with van der Waals surface area (Å²) in [5, 5.41) is 33.8. The highest BCUT2D eigenvalue weighted by Gasteiger charge is 2.32. The molecule has 0 radical (unpaired) electrons. The maximum Gasteiger partial charge on any atom is 0.243 e. The fourth-order valence-electron chi connectivity index (χ4n) is 4.90. The van der Waals surface area contributed by atoms with Crippen molar-refractivity contribution >= 4 is 23.6 Å². The van der Waals surface area contributed by atoms with Crippen LogP contribution in [-0.4, -0.2) is 54.2 Å². The third kappa shape index (κ3) is 9.19. The van der Waals surface area contributed by atoms with Crippen LogP contribution in [0.5, 0.6) is 0 Å². The molecule has 1 fully saturated rings. The van der Waals surface area contributed by atoms with Crippen molar-refractivity contribution < 1.29 is 29.4 Å². The van der Waals surface area contributed by atoms with Crippen molar-refractivity contribution in [2.45, 2.75) is 68.9 Å². The average molecular weight is 633 g/mol. The van der Waals surface area contributed by atoms with Gasteiger partial charge in [0.15, 0.2) is 6.29 Å². The summed E-state index contributed by atoms with van der Waals surface area (Å²) < 4.78 is 14.6. The second-order valence-electron chi connectivity index (χ2n) is 10.6. The van der Waals surface area contributed by atoms with Crippen molar-refractivity contribution in [2.75, 3.05) is 5.75 Å². The van der Waals surface area contributed by atoms with Crippen LogP contribution < -0.4 is 10.8 Å². The number of rotatable bonds is 14. The first-order chi connectivity index (χ1) is 22.0. The minimum atomic E-state index is -0.614. The van der Waals surface area contributed by atoms with Gasteiger partial charge in [-0.1, -0.05) is 78.5 Å². The smallest absolute Gasteiger partial charge is 0.243 e. The van der Waals surface area contributed by atoms with E-state index in [2.05, 4.69) is 20.8 Å². The summed E-state index contributed by atoms with van der Waals surface area (Å²) in [6.07, 6.45) is 1.18. The molecule has 4 aromatic rings. The second kappa shape index (κ2) is 16.3. The van der Waals surface area contributed by atoms with Crippen molar-refractivity contribution in [2.24, 2.45) is 0 Å². The second-order valence-corrected chi connectivity index (χ2v) is 11.6. The zero-order valence-corrected chi connectivity index (χ0v) is 25.4. The van der Waals surface area contributed by atoms with Crippen molar-refractivity contribution in [1.29, 1.82) is 0 Å². The predicted molar refractivity (Wildman–Crippen MR) is 165 cm³/mol. The summed E-state index contributed by atoms with van der Waals surface area (Å²) in [7, 11) is 0. The van der Waals surface area contributed by atoms with Gasteiger partial charge in [0.25, 0.3) is 0 Å². The predicted octanol–water partition coefficient (Wildman–Crippen LogP) is 4.17. The Bertz CT molecular complexity index is 1520. The minimum Gasteiger partial charge on any atom is -0.392 e. The lowest BCUT2D eigenvalue weighted by atomic mass is 10.0. The van der Waals surface area contributed by atoms with Crippen LogP contribution in [0.15, 0.2) is 84.0 Å². The molecule has 1 aliphatic rings. The van der Waals surface area contributed by atoms with Crippen LogP contribution in [0.1, 0.15) is 66.8 Å². The number of hydrogen-bond acceptors (Lipinski definition) is 10. The van der Waals surface area contributed by atoms with Crippen LogP contribution in [-0.2, 0) is 32.2 Å². The molecule has 0 unspecified atom stereocenters. The third-order valence-corrected chi connectivity index (χ3v) is 8.43. The molecular formula is C32H36N6O6S. The molecule has 2 amide bonds. The van der Waals surface area contributed by atoms with E-state index in [1.54, 1.807) is 10.2 Å². The molecule has 5 rings (SSSR count). The largest absolute Gasteiger partial charge is 0.392 e. The number of nitrogens with zero attached hydrogens (tertiary/aromatic N) is 4. The zero-order valence-electron chi connectivity index (χ0n) is 24.6. The normalized spacial score (nSPS) is 18.0. The van der Waals surface area contributed by atoms with Crippen molar-refractivity contribution in [3.05, 3.63) is 101 Å². The number of ether oxygens (including phenoxy) is 2. The van der Waals surface area contributed by atoms with E-state index in [9.17, 15) is 14.7 Å². The molecule has 2 heterocycles. The highest BCUT2D eigenvalue weighted by molar-refractivity contribution is 7.99. The molecule has 0 saturated carbocycles. The molecule has 236 valence electrons. The summed E-state index contributed by atoms with van der Waals surface area (Å²) in [5.74, 6) is 0.0472. The Hall–Kier alpha value is -4.14. The molecule has 1 aliphatic heterocycles. The Morgan fingerprint density at radius 3 is 2.29 bits per heavy atom. The van der Waals surface area contributed by atoms with E-state index in [1.165, 1.54) is 11.8 Å². The standard InChI is InChI=1S/C32H36N6O6S/c39-20-23-12-14-24(15-13-23)28-18-27(21-45-32-34-36-37-38(32)26-6-2-1-3-7-26)43-31(44-28)25-16-10-22(11-17-25)19-33-29(40)8-4-5-9-30(41)35-42/h1-3,6-7,10-17,27-28,31,39,42H,4-5,8-9,18-21H2,(H,33,40)(H,35,41)/t27-,28+,31+/m1/s1. The Morgan fingerprint density at radius 1 is 0.889 bits per heavy atom. The highest BCUT2D eigenvalue weighted by Crippen LogP contribution is 2.39. The van der Waals surface area contributed by atoms with Gasteiger partial charge in [0, 0.05) is 37.1 Å².